The molecule has 2 unspecified atom stereocenters. The Balaban J connectivity index is 1.75. The number of amides is 1. The van der Waals surface area contributed by atoms with E-state index >= 15 is 0 Å². The molecule has 1 amide bonds. The third-order valence-electron chi connectivity index (χ3n) is 4.33. The number of carboxylic acid groups (broad SMARTS) is 1. The summed E-state index contributed by atoms with van der Waals surface area (Å²) in [6.45, 7) is 4.99. The maximum Gasteiger partial charge on any atom is 0.307 e. The van der Waals surface area contributed by atoms with Gasteiger partial charge < -0.3 is 15.3 Å². The lowest BCUT2D eigenvalue weighted by Gasteiger charge is -2.38. The molecular formula is C13H22N2O3. The Labute approximate surface area is 108 Å². The Bertz CT molecular complexity index is 348. The molecule has 1 aliphatic heterocycles. The van der Waals surface area contributed by atoms with Crippen molar-refractivity contribution in [3.05, 3.63) is 0 Å². The highest BCUT2D eigenvalue weighted by Gasteiger charge is 2.48. The number of aliphatic carboxylic acids is 1. The standard InChI is InChI=1S/C13H22N2O3/c1-13(3-5-15(2)6-4-13)8-14-11(16)9-7-10(9)12(17)18/h9-10H,3-8H2,1-2H3,(H,14,16)(H,17,18). The Morgan fingerprint density at radius 2 is 1.94 bits per heavy atom. The predicted octanol–water partition coefficient (Wildman–Crippen LogP) is 0.555. The summed E-state index contributed by atoms with van der Waals surface area (Å²) in [4.78, 5) is 24.8. The summed E-state index contributed by atoms with van der Waals surface area (Å²) in [5.74, 6) is -1.67. The number of hydrogen-bond acceptors (Lipinski definition) is 3. The third-order valence-corrected chi connectivity index (χ3v) is 4.33. The molecule has 1 heterocycles. The van der Waals surface area contributed by atoms with Crippen molar-refractivity contribution in [2.24, 2.45) is 17.3 Å². The zero-order chi connectivity index (χ0) is 13.3. The molecule has 0 aromatic carbocycles. The van der Waals surface area contributed by atoms with Crippen LogP contribution in [0.3, 0.4) is 0 Å². The summed E-state index contributed by atoms with van der Waals surface area (Å²) in [6, 6.07) is 0. The first kappa shape index (κ1) is 13.3. The van der Waals surface area contributed by atoms with Crippen molar-refractivity contribution >= 4 is 11.9 Å². The van der Waals surface area contributed by atoms with Gasteiger partial charge in [0.2, 0.25) is 5.91 Å². The first-order chi connectivity index (χ1) is 8.41. The molecule has 2 atom stereocenters. The monoisotopic (exact) mass is 254 g/mol. The van der Waals surface area contributed by atoms with Crippen molar-refractivity contribution in [3.63, 3.8) is 0 Å². The largest absolute Gasteiger partial charge is 0.481 e. The zero-order valence-corrected chi connectivity index (χ0v) is 11.1. The second-order valence-corrected chi connectivity index (χ2v) is 6.12. The van der Waals surface area contributed by atoms with E-state index in [-0.39, 0.29) is 17.2 Å². The molecule has 1 saturated carbocycles. The SMILES string of the molecule is CN1CCC(C)(CNC(=O)C2CC2C(=O)O)CC1. The molecule has 1 aliphatic carbocycles. The molecule has 18 heavy (non-hydrogen) atoms. The quantitative estimate of drug-likeness (QED) is 0.769. The van der Waals surface area contributed by atoms with Crippen LogP contribution in [0, 0.1) is 17.3 Å². The fourth-order valence-corrected chi connectivity index (χ4v) is 2.52. The fraction of sp³-hybridized carbons (Fsp3) is 0.846. The summed E-state index contributed by atoms with van der Waals surface area (Å²) < 4.78 is 0. The first-order valence-electron chi connectivity index (χ1n) is 6.60. The average molecular weight is 254 g/mol. The maximum atomic E-state index is 11.8. The number of nitrogens with one attached hydrogen (secondary N) is 1. The highest BCUT2D eigenvalue weighted by molar-refractivity contribution is 5.89. The molecule has 0 aromatic rings. The Morgan fingerprint density at radius 1 is 1.33 bits per heavy atom. The highest BCUT2D eigenvalue weighted by atomic mass is 16.4. The van der Waals surface area contributed by atoms with Gasteiger partial charge in [0.15, 0.2) is 0 Å². The summed E-state index contributed by atoms with van der Waals surface area (Å²) in [5.41, 5.74) is 0.162. The number of piperidine rings is 1. The van der Waals surface area contributed by atoms with Gasteiger partial charge in [0.25, 0.3) is 0 Å². The van der Waals surface area contributed by atoms with Gasteiger partial charge in [0, 0.05) is 6.54 Å². The molecule has 0 radical (unpaired) electrons. The molecule has 0 spiro atoms. The van der Waals surface area contributed by atoms with Gasteiger partial charge in [-0.05, 0) is 44.8 Å². The summed E-state index contributed by atoms with van der Waals surface area (Å²) >= 11 is 0. The number of rotatable bonds is 4. The minimum Gasteiger partial charge on any atom is -0.481 e. The number of hydrogen-bond donors (Lipinski definition) is 2. The Kier molecular flexibility index (Phi) is 3.61. The number of carbonyl (C=O) groups is 2. The van der Waals surface area contributed by atoms with Crippen LogP contribution in [-0.4, -0.2) is 48.6 Å². The molecule has 2 N–H and O–H groups in total. The molecule has 5 nitrogen and oxygen atoms in total. The molecule has 1 saturated heterocycles. The lowest BCUT2D eigenvalue weighted by atomic mass is 9.80. The van der Waals surface area contributed by atoms with Crippen molar-refractivity contribution in [1.29, 1.82) is 0 Å². The summed E-state index contributed by atoms with van der Waals surface area (Å²) in [5, 5.41) is 11.7. The van der Waals surface area contributed by atoms with E-state index in [1.54, 1.807) is 0 Å². The minimum atomic E-state index is -0.847. The molecule has 0 aromatic heterocycles. The van der Waals surface area contributed by atoms with Crippen molar-refractivity contribution in [3.8, 4) is 0 Å². The van der Waals surface area contributed by atoms with Crippen LogP contribution >= 0.6 is 0 Å². The van der Waals surface area contributed by atoms with Crippen molar-refractivity contribution in [1.82, 2.24) is 10.2 Å². The van der Waals surface area contributed by atoms with E-state index in [2.05, 4.69) is 24.2 Å². The van der Waals surface area contributed by atoms with E-state index in [1.807, 2.05) is 0 Å². The summed E-state index contributed by atoms with van der Waals surface area (Å²) in [7, 11) is 2.11. The van der Waals surface area contributed by atoms with E-state index in [9.17, 15) is 9.59 Å². The summed E-state index contributed by atoms with van der Waals surface area (Å²) in [6.07, 6.45) is 2.66. The van der Waals surface area contributed by atoms with Crippen LogP contribution in [-0.2, 0) is 9.59 Å². The normalized spacial score (nSPS) is 30.8. The van der Waals surface area contributed by atoms with Crippen molar-refractivity contribution in [2.45, 2.75) is 26.2 Å². The van der Waals surface area contributed by atoms with Crippen LogP contribution in [0.4, 0.5) is 0 Å². The van der Waals surface area contributed by atoms with Gasteiger partial charge in [-0.3, -0.25) is 9.59 Å². The fourth-order valence-electron chi connectivity index (χ4n) is 2.52. The van der Waals surface area contributed by atoms with Gasteiger partial charge in [-0.2, -0.15) is 0 Å². The zero-order valence-electron chi connectivity index (χ0n) is 11.1. The number of carboxylic acids is 1. The molecule has 2 rings (SSSR count). The molecule has 5 heteroatoms. The molecule has 102 valence electrons. The Morgan fingerprint density at radius 3 is 2.44 bits per heavy atom. The van der Waals surface area contributed by atoms with Crippen LogP contribution in [0.1, 0.15) is 26.2 Å². The smallest absolute Gasteiger partial charge is 0.307 e. The van der Waals surface area contributed by atoms with Gasteiger partial charge in [0.1, 0.15) is 0 Å². The lowest BCUT2D eigenvalue weighted by molar-refractivity contribution is -0.140. The van der Waals surface area contributed by atoms with Crippen LogP contribution in [0.2, 0.25) is 0 Å². The van der Waals surface area contributed by atoms with Crippen molar-refractivity contribution in [2.75, 3.05) is 26.7 Å². The lowest BCUT2D eigenvalue weighted by Crippen LogP contribution is -2.44. The van der Waals surface area contributed by atoms with Gasteiger partial charge in [-0.25, -0.2) is 0 Å². The Hall–Kier alpha value is -1.10. The molecule has 2 aliphatic rings. The van der Waals surface area contributed by atoms with Crippen LogP contribution < -0.4 is 5.32 Å². The van der Waals surface area contributed by atoms with Gasteiger partial charge in [0.05, 0.1) is 11.8 Å². The maximum absolute atomic E-state index is 11.8. The van der Waals surface area contributed by atoms with Crippen LogP contribution in [0.5, 0.6) is 0 Å². The van der Waals surface area contributed by atoms with Gasteiger partial charge in [-0.1, -0.05) is 6.92 Å². The third kappa shape index (κ3) is 3.02. The van der Waals surface area contributed by atoms with E-state index in [4.69, 9.17) is 5.11 Å². The number of likely N-dealkylation sites (tertiary alicyclic amines) is 1. The van der Waals surface area contributed by atoms with E-state index in [0.717, 1.165) is 25.9 Å². The van der Waals surface area contributed by atoms with Gasteiger partial charge in [-0.15, -0.1) is 0 Å². The first-order valence-corrected chi connectivity index (χ1v) is 6.60. The minimum absolute atomic E-state index is 0.0810. The topological polar surface area (TPSA) is 69.6 Å². The van der Waals surface area contributed by atoms with E-state index in [0.29, 0.717) is 13.0 Å². The number of nitrogens with zero attached hydrogens (tertiary/aromatic N) is 1. The van der Waals surface area contributed by atoms with Crippen LogP contribution in [0.25, 0.3) is 0 Å². The highest BCUT2D eigenvalue weighted by Crippen LogP contribution is 2.39. The van der Waals surface area contributed by atoms with E-state index < -0.39 is 11.9 Å². The second-order valence-electron chi connectivity index (χ2n) is 6.12. The second kappa shape index (κ2) is 4.88. The average Bonchev–Trinajstić information content (AvgIpc) is 3.11. The molecule has 0 bridgehead atoms. The molecule has 2 fully saturated rings. The van der Waals surface area contributed by atoms with Crippen LogP contribution in [0.15, 0.2) is 0 Å². The predicted molar refractivity (Wildman–Crippen MR) is 67.1 cm³/mol. The van der Waals surface area contributed by atoms with Gasteiger partial charge >= 0.3 is 5.97 Å². The number of carbonyl (C=O) groups excluding carboxylic acids is 1. The molecular weight excluding hydrogens is 232 g/mol. The van der Waals surface area contributed by atoms with Crippen molar-refractivity contribution < 1.29 is 14.7 Å². The van der Waals surface area contributed by atoms with E-state index in [1.165, 1.54) is 0 Å².